The third kappa shape index (κ3) is 6.03. The first kappa shape index (κ1) is 21.4. The molecule has 24 heavy (non-hydrogen) atoms. The highest BCUT2D eigenvalue weighted by molar-refractivity contribution is 9.11. The fourth-order valence-electron chi connectivity index (χ4n) is 1.54. The van der Waals surface area contributed by atoms with E-state index in [1.54, 1.807) is 0 Å². The molecule has 0 radical (unpaired) electrons. The molecule has 0 aliphatic rings. The predicted molar refractivity (Wildman–Crippen MR) is 86.0 cm³/mol. The molecular weight excluding hydrogens is 494 g/mol. The van der Waals surface area contributed by atoms with E-state index in [4.69, 9.17) is 0 Å². The second-order valence-corrected chi connectivity index (χ2v) is 7.79. The molecule has 3 nitrogen and oxygen atoms in total. The topological polar surface area (TPSA) is 32.7 Å². The van der Waals surface area contributed by atoms with E-state index in [0.29, 0.717) is 0 Å². The van der Waals surface area contributed by atoms with Crippen molar-refractivity contribution >= 4 is 54.2 Å². The molecule has 1 aromatic rings. The highest BCUT2D eigenvalue weighted by atomic mass is 79.9. The zero-order valence-corrected chi connectivity index (χ0v) is 16.1. The SMILES string of the molecule is CN(C)C(=Nc1cc(S(=O)CC(F)(F)F)c(Br)cc1Br)C(F)(F)F. The fraction of sp³-hybridized carbons (Fsp3) is 0.417. The molecular formula is C12H10Br2F6N2OS. The van der Waals surface area contributed by atoms with Crippen LogP contribution in [0.4, 0.5) is 32.0 Å². The number of alkyl halides is 6. The van der Waals surface area contributed by atoms with Crippen LogP contribution in [0.15, 0.2) is 31.0 Å². The molecule has 12 heteroatoms. The van der Waals surface area contributed by atoms with Crippen molar-refractivity contribution in [3.63, 3.8) is 0 Å². The van der Waals surface area contributed by atoms with E-state index in [9.17, 15) is 30.6 Å². The van der Waals surface area contributed by atoms with Gasteiger partial charge in [-0.2, -0.15) is 26.3 Å². The van der Waals surface area contributed by atoms with Gasteiger partial charge in [0.25, 0.3) is 0 Å². The molecule has 0 fully saturated rings. The van der Waals surface area contributed by atoms with Crippen LogP contribution in [0.3, 0.4) is 0 Å². The monoisotopic (exact) mass is 502 g/mol. The molecule has 0 spiro atoms. The molecule has 0 saturated heterocycles. The van der Waals surface area contributed by atoms with Gasteiger partial charge in [-0.3, -0.25) is 4.21 Å². The summed E-state index contributed by atoms with van der Waals surface area (Å²) < 4.78 is 87.9. The summed E-state index contributed by atoms with van der Waals surface area (Å²) in [7, 11) is -0.233. The van der Waals surface area contributed by atoms with Gasteiger partial charge in [0.05, 0.1) is 21.4 Å². The maximum absolute atomic E-state index is 12.9. The third-order valence-corrected chi connectivity index (χ3v) is 5.42. The lowest BCUT2D eigenvalue weighted by Gasteiger charge is -2.18. The molecule has 0 amide bonds. The third-order valence-electron chi connectivity index (χ3n) is 2.44. The van der Waals surface area contributed by atoms with Gasteiger partial charge in [0.2, 0.25) is 5.84 Å². The van der Waals surface area contributed by atoms with E-state index in [1.165, 1.54) is 6.07 Å². The molecule has 1 unspecified atom stereocenters. The molecule has 0 heterocycles. The second kappa shape index (κ2) is 7.73. The smallest absolute Gasteiger partial charge is 0.359 e. The number of hydrogen-bond donors (Lipinski definition) is 0. The van der Waals surface area contributed by atoms with E-state index in [2.05, 4.69) is 36.9 Å². The summed E-state index contributed by atoms with van der Waals surface area (Å²) in [6, 6.07) is 2.12. The van der Waals surface area contributed by atoms with Gasteiger partial charge in [0.15, 0.2) is 0 Å². The average Bonchev–Trinajstić information content (AvgIpc) is 2.33. The highest BCUT2D eigenvalue weighted by Crippen LogP contribution is 2.36. The number of hydrogen-bond acceptors (Lipinski definition) is 2. The molecule has 1 aromatic carbocycles. The average molecular weight is 504 g/mol. The second-order valence-electron chi connectivity index (χ2n) is 4.67. The van der Waals surface area contributed by atoms with Crippen LogP contribution in [0.25, 0.3) is 0 Å². The van der Waals surface area contributed by atoms with Crippen LogP contribution in [0, 0.1) is 0 Å². The van der Waals surface area contributed by atoms with Crippen LogP contribution >= 0.6 is 31.9 Å². The maximum atomic E-state index is 12.9. The number of amidine groups is 1. The van der Waals surface area contributed by atoms with Gasteiger partial charge >= 0.3 is 12.4 Å². The van der Waals surface area contributed by atoms with Crippen LogP contribution in [0.2, 0.25) is 0 Å². The first-order valence-corrected chi connectivity index (χ1v) is 8.90. The molecule has 1 rings (SSSR count). The van der Waals surface area contributed by atoms with Gasteiger partial charge in [-0.25, -0.2) is 4.99 Å². The number of benzene rings is 1. The quantitative estimate of drug-likeness (QED) is 0.329. The van der Waals surface area contributed by atoms with Crippen LogP contribution in [-0.4, -0.2) is 47.1 Å². The zero-order valence-electron chi connectivity index (χ0n) is 12.1. The Kier molecular flexibility index (Phi) is 6.90. The van der Waals surface area contributed by atoms with Crippen molar-refractivity contribution in [1.29, 1.82) is 0 Å². The summed E-state index contributed by atoms with van der Waals surface area (Å²) in [5.41, 5.74) is -0.287. The Morgan fingerprint density at radius 1 is 1.12 bits per heavy atom. The molecule has 0 aromatic heterocycles. The van der Waals surface area contributed by atoms with Crippen molar-refractivity contribution in [2.45, 2.75) is 17.2 Å². The van der Waals surface area contributed by atoms with Gasteiger partial charge in [-0.1, -0.05) is 0 Å². The number of nitrogens with zero attached hydrogens (tertiary/aromatic N) is 2. The van der Waals surface area contributed by atoms with Gasteiger partial charge in [-0.15, -0.1) is 0 Å². The van der Waals surface area contributed by atoms with Gasteiger partial charge in [-0.05, 0) is 44.0 Å². The van der Waals surface area contributed by atoms with Crippen LogP contribution in [0.5, 0.6) is 0 Å². The Labute approximate surface area is 152 Å². The summed E-state index contributed by atoms with van der Waals surface area (Å²) in [6.45, 7) is 0. The molecule has 0 saturated carbocycles. The molecule has 0 N–H and O–H groups in total. The normalized spacial score (nSPS) is 14.7. The standard InChI is InChI=1S/C12H10Br2F6N2OS/c1-22(2)10(12(18,19)20)21-8-4-9(7(14)3-6(8)13)24(23)5-11(15,16)17/h3-4H,5H2,1-2H3. The lowest BCUT2D eigenvalue weighted by Crippen LogP contribution is -2.35. The number of rotatable bonds is 3. The maximum Gasteiger partial charge on any atom is 0.449 e. The molecule has 1 atom stereocenters. The predicted octanol–water partition coefficient (Wildman–Crippen LogP) is 5.04. The molecule has 0 aliphatic carbocycles. The van der Waals surface area contributed by atoms with Gasteiger partial charge in [0.1, 0.15) is 5.75 Å². The lowest BCUT2D eigenvalue weighted by molar-refractivity contribution is -0.105. The molecule has 136 valence electrons. The Hall–Kier alpha value is -0.620. The van der Waals surface area contributed by atoms with Crippen molar-refractivity contribution in [2.75, 3.05) is 19.8 Å². The number of aliphatic imine (C=N–C) groups is 1. The van der Waals surface area contributed by atoms with E-state index in [0.717, 1.165) is 25.1 Å². The van der Waals surface area contributed by atoms with Crippen LogP contribution in [0.1, 0.15) is 0 Å². The van der Waals surface area contributed by atoms with E-state index >= 15 is 0 Å². The van der Waals surface area contributed by atoms with E-state index in [-0.39, 0.29) is 19.5 Å². The Bertz CT molecular complexity index is 673. The van der Waals surface area contributed by atoms with Crippen LogP contribution in [-0.2, 0) is 10.8 Å². The van der Waals surface area contributed by atoms with E-state index < -0.39 is 34.7 Å². The molecule has 0 aliphatic heterocycles. The van der Waals surface area contributed by atoms with Crippen molar-refractivity contribution in [1.82, 2.24) is 4.90 Å². The highest BCUT2D eigenvalue weighted by Gasteiger charge is 2.38. The number of halogens is 8. The van der Waals surface area contributed by atoms with Crippen molar-refractivity contribution in [3.05, 3.63) is 21.1 Å². The van der Waals surface area contributed by atoms with E-state index in [1.807, 2.05) is 0 Å². The first-order valence-electron chi connectivity index (χ1n) is 5.99. The molecule has 0 bridgehead atoms. The summed E-state index contributed by atoms with van der Waals surface area (Å²) in [6.07, 6.45) is -9.44. The Morgan fingerprint density at radius 3 is 2.08 bits per heavy atom. The van der Waals surface area contributed by atoms with Crippen LogP contribution < -0.4 is 0 Å². The minimum atomic E-state index is -4.76. The zero-order chi connectivity index (χ0) is 18.9. The van der Waals surface area contributed by atoms with Gasteiger partial charge < -0.3 is 4.90 Å². The van der Waals surface area contributed by atoms with Crippen molar-refractivity contribution in [3.8, 4) is 0 Å². The minimum absolute atomic E-state index is 0.0642. The van der Waals surface area contributed by atoms with Crippen molar-refractivity contribution in [2.24, 2.45) is 4.99 Å². The minimum Gasteiger partial charge on any atom is -0.359 e. The first-order chi connectivity index (χ1) is 10.7. The summed E-state index contributed by atoms with van der Waals surface area (Å²) in [4.78, 5) is 3.87. The summed E-state index contributed by atoms with van der Waals surface area (Å²) in [5.74, 6) is -2.87. The van der Waals surface area contributed by atoms with Gasteiger partial charge in [0, 0.05) is 23.0 Å². The fourth-order valence-corrected chi connectivity index (χ4v) is 4.13. The summed E-state index contributed by atoms with van der Waals surface area (Å²) in [5, 5.41) is 0. The largest absolute Gasteiger partial charge is 0.449 e. The summed E-state index contributed by atoms with van der Waals surface area (Å²) >= 11 is 5.94. The lowest BCUT2D eigenvalue weighted by atomic mass is 10.3. The Morgan fingerprint density at radius 2 is 1.67 bits per heavy atom. The Balaban J connectivity index is 3.41. The van der Waals surface area contributed by atoms with Crippen molar-refractivity contribution < 1.29 is 30.6 Å².